The molecule has 1 saturated heterocycles. The van der Waals surface area contributed by atoms with Crippen LogP contribution in [0.15, 0.2) is 64.4 Å². The van der Waals surface area contributed by atoms with Crippen LogP contribution in [0.2, 0.25) is 0 Å². The van der Waals surface area contributed by atoms with E-state index in [-0.39, 0.29) is 6.04 Å². The normalized spacial score (nSPS) is 17.1. The molecule has 1 saturated carbocycles. The zero-order valence-electron chi connectivity index (χ0n) is 16.2. The van der Waals surface area contributed by atoms with Crippen LogP contribution in [0.5, 0.6) is 0 Å². The Labute approximate surface area is 178 Å². The second-order valence-corrected chi connectivity index (χ2v) is 8.36. The number of carbonyl (C=O) groups excluding carboxylic acids is 4. The van der Waals surface area contributed by atoms with Gasteiger partial charge >= 0.3 is 17.8 Å². The van der Waals surface area contributed by atoms with E-state index < -0.39 is 30.3 Å². The number of amides is 5. The molecule has 154 valence electrons. The second kappa shape index (κ2) is 8.71. The van der Waals surface area contributed by atoms with E-state index in [1.54, 1.807) is 12.1 Å². The van der Waals surface area contributed by atoms with Crippen molar-refractivity contribution >= 4 is 41.2 Å². The number of para-hydroxylation sites is 1. The van der Waals surface area contributed by atoms with Crippen molar-refractivity contribution in [3.63, 3.8) is 0 Å². The van der Waals surface area contributed by atoms with E-state index in [2.05, 4.69) is 5.32 Å². The third-order valence-electron chi connectivity index (χ3n) is 5.21. The Balaban J connectivity index is 1.44. The van der Waals surface area contributed by atoms with Crippen LogP contribution in [-0.2, 0) is 14.4 Å². The van der Waals surface area contributed by atoms with Crippen LogP contribution in [0, 0.1) is 0 Å². The Morgan fingerprint density at radius 1 is 0.933 bits per heavy atom. The Bertz CT molecular complexity index is 989. The number of carbonyl (C=O) groups is 4. The highest BCUT2D eigenvalue weighted by Crippen LogP contribution is 2.33. The van der Waals surface area contributed by atoms with Gasteiger partial charge in [-0.3, -0.25) is 19.3 Å². The Morgan fingerprint density at radius 2 is 1.60 bits per heavy atom. The van der Waals surface area contributed by atoms with Crippen LogP contribution in [0.1, 0.15) is 25.7 Å². The van der Waals surface area contributed by atoms with Gasteiger partial charge in [0.15, 0.2) is 0 Å². The molecule has 2 fully saturated rings. The zero-order valence-corrected chi connectivity index (χ0v) is 17.1. The van der Waals surface area contributed by atoms with E-state index in [1.165, 1.54) is 11.8 Å². The first-order chi connectivity index (χ1) is 14.5. The highest BCUT2D eigenvalue weighted by Gasteiger charge is 2.48. The predicted molar refractivity (Wildman–Crippen MR) is 112 cm³/mol. The van der Waals surface area contributed by atoms with Gasteiger partial charge in [0, 0.05) is 15.8 Å². The van der Waals surface area contributed by atoms with Crippen molar-refractivity contribution in [1.82, 2.24) is 9.80 Å². The summed E-state index contributed by atoms with van der Waals surface area (Å²) in [6, 6.07) is 16.1. The van der Waals surface area contributed by atoms with Crippen molar-refractivity contribution in [2.45, 2.75) is 41.5 Å². The van der Waals surface area contributed by atoms with E-state index in [0.29, 0.717) is 18.5 Å². The van der Waals surface area contributed by atoms with Gasteiger partial charge in [-0.05, 0) is 37.1 Å². The first-order valence-electron chi connectivity index (χ1n) is 9.85. The van der Waals surface area contributed by atoms with Crippen LogP contribution in [0.25, 0.3) is 0 Å². The second-order valence-electron chi connectivity index (χ2n) is 7.25. The van der Waals surface area contributed by atoms with Gasteiger partial charge in [-0.25, -0.2) is 9.69 Å². The molecule has 7 nitrogen and oxygen atoms in total. The number of urea groups is 1. The van der Waals surface area contributed by atoms with Crippen molar-refractivity contribution in [2.75, 3.05) is 11.9 Å². The first-order valence-corrected chi connectivity index (χ1v) is 10.7. The quantitative estimate of drug-likeness (QED) is 0.568. The number of hydrogen-bond donors (Lipinski definition) is 1. The molecule has 2 aliphatic rings. The number of imide groups is 2. The van der Waals surface area contributed by atoms with Gasteiger partial charge in [-0.2, -0.15) is 0 Å². The summed E-state index contributed by atoms with van der Waals surface area (Å²) in [5, 5.41) is 2.76. The molecule has 1 N–H and O–H groups in total. The third-order valence-corrected chi connectivity index (χ3v) is 6.29. The topological polar surface area (TPSA) is 86.8 Å². The molecule has 0 bridgehead atoms. The van der Waals surface area contributed by atoms with Crippen molar-refractivity contribution in [1.29, 1.82) is 0 Å². The van der Waals surface area contributed by atoms with Crippen LogP contribution in [-0.4, -0.2) is 46.1 Å². The van der Waals surface area contributed by atoms with Crippen LogP contribution < -0.4 is 5.32 Å². The molecule has 1 aliphatic heterocycles. The van der Waals surface area contributed by atoms with Crippen molar-refractivity contribution < 1.29 is 19.2 Å². The maximum atomic E-state index is 12.6. The summed E-state index contributed by atoms with van der Waals surface area (Å²) in [6.07, 6.45) is 3.25. The molecule has 5 amide bonds. The van der Waals surface area contributed by atoms with Gasteiger partial charge in [0.1, 0.15) is 6.54 Å². The monoisotopic (exact) mass is 423 g/mol. The SMILES string of the molecule is O=C(CN1C(=O)C(=O)N(C2CCCC2)C1=O)Nc1ccccc1Sc1ccccc1. The predicted octanol–water partition coefficient (Wildman–Crippen LogP) is 3.51. The van der Waals surface area contributed by atoms with Gasteiger partial charge < -0.3 is 5.32 Å². The zero-order chi connectivity index (χ0) is 21.1. The smallest absolute Gasteiger partial charge is 0.323 e. The number of benzene rings is 2. The lowest BCUT2D eigenvalue weighted by atomic mass is 10.2. The van der Waals surface area contributed by atoms with Crippen molar-refractivity contribution in [2.24, 2.45) is 0 Å². The van der Waals surface area contributed by atoms with Gasteiger partial charge in [0.05, 0.1) is 5.69 Å². The van der Waals surface area contributed by atoms with E-state index in [9.17, 15) is 19.2 Å². The summed E-state index contributed by atoms with van der Waals surface area (Å²) in [4.78, 5) is 53.5. The first kappa shape index (κ1) is 20.2. The summed E-state index contributed by atoms with van der Waals surface area (Å²) in [5.41, 5.74) is 0.578. The van der Waals surface area contributed by atoms with Gasteiger partial charge in [-0.15, -0.1) is 0 Å². The average molecular weight is 423 g/mol. The minimum atomic E-state index is -0.936. The minimum Gasteiger partial charge on any atom is -0.323 e. The minimum absolute atomic E-state index is 0.245. The molecule has 1 heterocycles. The summed E-state index contributed by atoms with van der Waals surface area (Å²) in [6.45, 7) is -0.489. The third kappa shape index (κ3) is 4.09. The number of nitrogens with zero attached hydrogens (tertiary/aromatic N) is 2. The molecule has 8 heteroatoms. The standard InChI is InChI=1S/C22H21N3O4S/c26-19(14-24-20(27)21(28)25(22(24)29)15-8-4-5-9-15)23-17-12-6-7-13-18(17)30-16-10-2-1-3-11-16/h1-3,6-7,10-13,15H,4-5,8-9,14H2,(H,23,26). The molecule has 2 aromatic carbocycles. The lowest BCUT2D eigenvalue weighted by Gasteiger charge is -2.21. The van der Waals surface area contributed by atoms with E-state index in [4.69, 9.17) is 0 Å². The van der Waals surface area contributed by atoms with Crippen LogP contribution in [0.3, 0.4) is 0 Å². The number of anilines is 1. The summed E-state index contributed by atoms with van der Waals surface area (Å²) in [5.74, 6) is -2.30. The van der Waals surface area contributed by atoms with E-state index >= 15 is 0 Å². The molecular weight excluding hydrogens is 402 g/mol. The summed E-state index contributed by atoms with van der Waals surface area (Å²) in [7, 11) is 0. The molecule has 4 rings (SSSR count). The Kier molecular flexibility index (Phi) is 5.85. The van der Waals surface area contributed by atoms with Crippen molar-refractivity contribution in [3.8, 4) is 0 Å². The fourth-order valence-corrected chi connectivity index (χ4v) is 4.68. The van der Waals surface area contributed by atoms with Gasteiger partial charge in [0.2, 0.25) is 5.91 Å². The highest BCUT2D eigenvalue weighted by atomic mass is 32.2. The number of rotatable bonds is 6. The summed E-state index contributed by atoms with van der Waals surface area (Å²) < 4.78 is 0. The molecule has 0 spiro atoms. The molecule has 0 radical (unpaired) electrons. The average Bonchev–Trinajstić information content (AvgIpc) is 3.34. The molecule has 1 aliphatic carbocycles. The van der Waals surface area contributed by atoms with Crippen LogP contribution in [0.4, 0.5) is 10.5 Å². The summed E-state index contributed by atoms with van der Waals surface area (Å²) >= 11 is 1.49. The largest absolute Gasteiger partial charge is 0.334 e. The lowest BCUT2D eigenvalue weighted by molar-refractivity contribution is -0.144. The van der Waals surface area contributed by atoms with E-state index in [0.717, 1.165) is 32.4 Å². The molecule has 30 heavy (non-hydrogen) atoms. The fraction of sp³-hybridized carbons (Fsp3) is 0.273. The Hall–Kier alpha value is -3.13. The molecular formula is C22H21N3O4S. The van der Waals surface area contributed by atoms with E-state index in [1.807, 2.05) is 42.5 Å². The number of nitrogens with one attached hydrogen (secondary N) is 1. The molecule has 0 aromatic heterocycles. The lowest BCUT2D eigenvalue weighted by Crippen LogP contribution is -2.41. The molecule has 2 aromatic rings. The van der Waals surface area contributed by atoms with Crippen molar-refractivity contribution in [3.05, 3.63) is 54.6 Å². The maximum Gasteiger partial charge on any atom is 0.334 e. The maximum absolute atomic E-state index is 12.6. The Morgan fingerprint density at radius 3 is 2.33 bits per heavy atom. The van der Waals surface area contributed by atoms with Gasteiger partial charge in [-0.1, -0.05) is 54.9 Å². The fourth-order valence-electron chi connectivity index (χ4n) is 3.75. The molecule has 0 atom stereocenters. The van der Waals surface area contributed by atoms with Crippen LogP contribution >= 0.6 is 11.8 Å². The molecule has 0 unspecified atom stereocenters. The number of hydrogen-bond acceptors (Lipinski definition) is 5. The van der Waals surface area contributed by atoms with Gasteiger partial charge in [0.25, 0.3) is 0 Å². The highest BCUT2D eigenvalue weighted by molar-refractivity contribution is 7.99.